The van der Waals surface area contributed by atoms with Gasteiger partial charge >= 0.3 is 5.97 Å². The fourth-order valence-electron chi connectivity index (χ4n) is 5.29. The van der Waals surface area contributed by atoms with Gasteiger partial charge in [0, 0.05) is 31.0 Å². The number of nitrogens with zero attached hydrogens (tertiary/aromatic N) is 3. The van der Waals surface area contributed by atoms with E-state index < -0.39 is 5.97 Å². The van der Waals surface area contributed by atoms with E-state index in [1.807, 2.05) is 18.3 Å². The Morgan fingerprint density at radius 3 is 2.85 bits per heavy atom. The van der Waals surface area contributed by atoms with Crippen LogP contribution in [-0.2, 0) is 17.6 Å². The van der Waals surface area contributed by atoms with Crippen LogP contribution in [0.4, 0.5) is 0 Å². The third kappa shape index (κ3) is 6.56. The molecule has 1 saturated heterocycles. The zero-order valence-corrected chi connectivity index (χ0v) is 20.0. The first-order chi connectivity index (χ1) is 16.6. The van der Waals surface area contributed by atoms with Crippen LogP contribution >= 0.6 is 0 Å². The number of aliphatic carboxylic acids is 1. The van der Waals surface area contributed by atoms with Gasteiger partial charge in [0.15, 0.2) is 5.89 Å². The highest BCUT2D eigenvalue weighted by Crippen LogP contribution is 2.32. The van der Waals surface area contributed by atoms with Gasteiger partial charge in [0.05, 0.1) is 18.8 Å². The molecule has 3 aromatic rings. The number of methoxy groups -OCH3 is 1. The Labute approximate surface area is 201 Å². The van der Waals surface area contributed by atoms with Crippen LogP contribution in [0.15, 0.2) is 47.3 Å². The Balaban J connectivity index is 1.32. The van der Waals surface area contributed by atoms with Crippen molar-refractivity contribution in [2.24, 2.45) is 11.8 Å². The van der Waals surface area contributed by atoms with Crippen molar-refractivity contribution in [3.05, 3.63) is 54.4 Å². The number of rotatable bonds is 12. The number of carbonyl (C=O) groups is 1. The summed E-state index contributed by atoms with van der Waals surface area (Å²) < 4.78 is 10.7. The standard InChI is InChI=1S/C27H35N3O4/c1-33-23-8-9-25-24(18-23)21(11-13-28-25)5-2-4-20-12-16-30(19-22(20)7-10-27(31)32)15-3-6-26-29-14-17-34-26/h8-9,11,13-14,17-18,20,22H,2-7,10,12,15-16,19H2,1H3,(H,31,32)/t20-,22+/m1/s1. The summed E-state index contributed by atoms with van der Waals surface area (Å²) in [7, 11) is 1.69. The van der Waals surface area contributed by atoms with Crippen LogP contribution in [0.25, 0.3) is 10.9 Å². The second kappa shape index (κ2) is 12.0. The van der Waals surface area contributed by atoms with E-state index in [0.29, 0.717) is 11.8 Å². The summed E-state index contributed by atoms with van der Waals surface area (Å²) in [4.78, 5) is 22.4. The van der Waals surface area contributed by atoms with Gasteiger partial charge in [-0.2, -0.15) is 0 Å². The van der Waals surface area contributed by atoms with Gasteiger partial charge in [-0.15, -0.1) is 0 Å². The fraction of sp³-hybridized carbons (Fsp3) is 0.519. The number of carboxylic acid groups (broad SMARTS) is 1. The molecular weight excluding hydrogens is 430 g/mol. The van der Waals surface area contributed by atoms with Crippen LogP contribution in [0.2, 0.25) is 0 Å². The number of likely N-dealkylation sites (tertiary alicyclic amines) is 1. The Hall–Kier alpha value is -2.93. The molecule has 1 aliphatic rings. The summed E-state index contributed by atoms with van der Waals surface area (Å²) in [6.45, 7) is 3.07. The fourth-order valence-corrected chi connectivity index (χ4v) is 5.29. The Morgan fingerprint density at radius 1 is 1.15 bits per heavy atom. The van der Waals surface area contributed by atoms with Crippen LogP contribution in [0.5, 0.6) is 5.75 Å². The molecule has 1 fully saturated rings. The van der Waals surface area contributed by atoms with Gasteiger partial charge in [0.25, 0.3) is 0 Å². The van der Waals surface area contributed by atoms with E-state index in [-0.39, 0.29) is 6.42 Å². The summed E-state index contributed by atoms with van der Waals surface area (Å²) in [5, 5.41) is 10.4. The molecule has 1 N–H and O–H groups in total. The van der Waals surface area contributed by atoms with Gasteiger partial charge in [0.1, 0.15) is 12.0 Å². The number of ether oxygens (including phenoxy) is 1. The molecule has 4 rings (SSSR count). The zero-order chi connectivity index (χ0) is 23.8. The molecule has 0 radical (unpaired) electrons. The quantitative estimate of drug-likeness (QED) is 0.403. The maximum absolute atomic E-state index is 11.3. The molecule has 0 amide bonds. The summed E-state index contributed by atoms with van der Waals surface area (Å²) in [5.41, 5.74) is 2.30. The lowest BCUT2D eigenvalue weighted by Gasteiger charge is -2.39. The molecule has 0 unspecified atom stereocenters. The van der Waals surface area contributed by atoms with E-state index in [1.165, 1.54) is 5.56 Å². The molecule has 7 nitrogen and oxygen atoms in total. The number of hydrogen-bond donors (Lipinski definition) is 1. The van der Waals surface area contributed by atoms with E-state index in [4.69, 9.17) is 9.15 Å². The van der Waals surface area contributed by atoms with E-state index in [9.17, 15) is 9.90 Å². The summed E-state index contributed by atoms with van der Waals surface area (Å²) in [6.07, 6.45) is 12.4. The van der Waals surface area contributed by atoms with Crippen molar-refractivity contribution in [1.82, 2.24) is 14.9 Å². The number of carboxylic acids is 1. The minimum absolute atomic E-state index is 0.250. The molecule has 7 heteroatoms. The summed E-state index contributed by atoms with van der Waals surface area (Å²) >= 11 is 0. The molecule has 1 aliphatic heterocycles. The number of hydrogen-bond acceptors (Lipinski definition) is 6. The van der Waals surface area contributed by atoms with Crippen LogP contribution < -0.4 is 4.74 Å². The molecule has 0 spiro atoms. The average Bonchev–Trinajstić information content (AvgIpc) is 3.37. The lowest BCUT2D eigenvalue weighted by Crippen LogP contribution is -2.41. The van der Waals surface area contributed by atoms with Crippen LogP contribution in [-0.4, -0.2) is 52.7 Å². The van der Waals surface area contributed by atoms with Crippen LogP contribution in [0.1, 0.15) is 50.0 Å². The van der Waals surface area contributed by atoms with E-state index in [0.717, 1.165) is 87.1 Å². The van der Waals surface area contributed by atoms with Crippen molar-refractivity contribution in [2.75, 3.05) is 26.7 Å². The maximum Gasteiger partial charge on any atom is 0.303 e. The zero-order valence-electron chi connectivity index (χ0n) is 20.0. The van der Waals surface area contributed by atoms with Crippen molar-refractivity contribution in [2.45, 2.75) is 51.4 Å². The minimum Gasteiger partial charge on any atom is -0.497 e. The van der Waals surface area contributed by atoms with Gasteiger partial charge in [-0.3, -0.25) is 9.78 Å². The second-order valence-electron chi connectivity index (χ2n) is 9.32. The average molecular weight is 466 g/mol. The molecule has 0 saturated carbocycles. The predicted octanol–water partition coefficient (Wildman–Crippen LogP) is 4.99. The van der Waals surface area contributed by atoms with Gasteiger partial charge in [-0.25, -0.2) is 4.98 Å². The van der Waals surface area contributed by atoms with Crippen molar-refractivity contribution in [3.63, 3.8) is 0 Å². The third-order valence-electron chi connectivity index (χ3n) is 7.11. The van der Waals surface area contributed by atoms with Gasteiger partial charge in [0.2, 0.25) is 0 Å². The predicted molar refractivity (Wildman–Crippen MR) is 131 cm³/mol. The Bertz CT molecular complexity index is 1050. The first kappa shape index (κ1) is 24.2. The molecule has 2 atom stereocenters. The highest BCUT2D eigenvalue weighted by Gasteiger charge is 2.29. The first-order valence-electron chi connectivity index (χ1n) is 12.4. The highest BCUT2D eigenvalue weighted by molar-refractivity contribution is 5.83. The Morgan fingerprint density at radius 2 is 2.06 bits per heavy atom. The molecule has 34 heavy (non-hydrogen) atoms. The molecule has 0 bridgehead atoms. The summed E-state index contributed by atoms with van der Waals surface area (Å²) in [5.74, 6) is 1.95. The van der Waals surface area contributed by atoms with Crippen molar-refractivity contribution in [1.29, 1.82) is 0 Å². The van der Waals surface area contributed by atoms with Crippen LogP contribution in [0.3, 0.4) is 0 Å². The van der Waals surface area contributed by atoms with Crippen LogP contribution in [0, 0.1) is 11.8 Å². The van der Waals surface area contributed by atoms with Crippen molar-refractivity contribution < 1.29 is 19.1 Å². The van der Waals surface area contributed by atoms with E-state index in [2.05, 4.69) is 27.0 Å². The number of fused-ring (bicyclic) bond motifs is 1. The summed E-state index contributed by atoms with van der Waals surface area (Å²) in [6, 6.07) is 8.15. The molecular formula is C27H35N3O4. The number of piperidine rings is 1. The Kier molecular flexibility index (Phi) is 8.52. The molecule has 1 aromatic carbocycles. The highest BCUT2D eigenvalue weighted by atomic mass is 16.5. The van der Waals surface area contributed by atoms with Gasteiger partial charge < -0.3 is 19.2 Å². The molecule has 0 aliphatic carbocycles. The number of aryl methyl sites for hydroxylation is 2. The number of aromatic nitrogens is 2. The normalized spacial score (nSPS) is 18.9. The monoisotopic (exact) mass is 465 g/mol. The lowest BCUT2D eigenvalue weighted by molar-refractivity contribution is -0.137. The second-order valence-corrected chi connectivity index (χ2v) is 9.32. The number of oxazole rings is 1. The molecule has 182 valence electrons. The molecule has 2 aromatic heterocycles. The largest absolute Gasteiger partial charge is 0.497 e. The van der Waals surface area contributed by atoms with Crippen molar-refractivity contribution >= 4 is 16.9 Å². The maximum atomic E-state index is 11.3. The van der Waals surface area contributed by atoms with Gasteiger partial charge in [-0.1, -0.05) is 0 Å². The van der Waals surface area contributed by atoms with Crippen molar-refractivity contribution in [3.8, 4) is 5.75 Å². The van der Waals surface area contributed by atoms with E-state index in [1.54, 1.807) is 19.6 Å². The number of benzene rings is 1. The smallest absolute Gasteiger partial charge is 0.303 e. The number of pyridine rings is 1. The third-order valence-corrected chi connectivity index (χ3v) is 7.11. The SMILES string of the molecule is COc1ccc2nccc(CCC[C@@H]3CCN(CCCc4ncco4)C[C@@H]3CCC(=O)O)c2c1. The van der Waals surface area contributed by atoms with E-state index >= 15 is 0 Å². The lowest BCUT2D eigenvalue weighted by atomic mass is 9.79. The van der Waals surface area contributed by atoms with Gasteiger partial charge in [-0.05, 0) is 93.3 Å². The molecule has 3 heterocycles. The topological polar surface area (TPSA) is 88.7 Å². The minimum atomic E-state index is -0.697. The first-order valence-corrected chi connectivity index (χ1v) is 12.4.